The zero-order chi connectivity index (χ0) is 15.7. The molecule has 2 rings (SSSR count). The van der Waals surface area contributed by atoms with Gasteiger partial charge in [-0.3, -0.25) is 4.98 Å². The van der Waals surface area contributed by atoms with Crippen LogP contribution in [0.5, 0.6) is 0 Å². The van der Waals surface area contributed by atoms with Crippen LogP contribution in [0.4, 0.5) is 5.82 Å². The van der Waals surface area contributed by atoms with Crippen LogP contribution in [0.2, 0.25) is 0 Å². The van der Waals surface area contributed by atoms with Crippen molar-refractivity contribution < 1.29 is 8.42 Å². The quantitative estimate of drug-likeness (QED) is 0.893. The molecule has 1 aliphatic rings. The lowest BCUT2D eigenvalue weighted by Gasteiger charge is -2.24. The van der Waals surface area contributed by atoms with Crippen molar-refractivity contribution in [2.24, 2.45) is 0 Å². The summed E-state index contributed by atoms with van der Waals surface area (Å²) in [5, 5.41) is 3.36. The Morgan fingerprint density at radius 3 is 2.52 bits per heavy atom. The highest BCUT2D eigenvalue weighted by atomic mass is 32.2. The Kier molecular flexibility index (Phi) is 4.53. The monoisotopic (exact) mass is 312 g/mol. The number of nitrogens with zero attached hydrogens (tertiary/aromatic N) is 3. The molecule has 0 bridgehead atoms. The first kappa shape index (κ1) is 16.2. The van der Waals surface area contributed by atoms with Gasteiger partial charge in [-0.2, -0.15) is 0 Å². The Hall–Kier alpha value is -1.21. The van der Waals surface area contributed by atoms with Crippen molar-refractivity contribution >= 4 is 15.7 Å². The van der Waals surface area contributed by atoms with Crippen LogP contribution in [0, 0.1) is 0 Å². The van der Waals surface area contributed by atoms with Crippen molar-refractivity contribution in [1.29, 1.82) is 0 Å². The van der Waals surface area contributed by atoms with Gasteiger partial charge in [0, 0.05) is 25.2 Å². The molecule has 0 spiro atoms. The van der Waals surface area contributed by atoms with Crippen molar-refractivity contribution in [2.45, 2.75) is 45.3 Å². The zero-order valence-electron chi connectivity index (χ0n) is 13.1. The third kappa shape index (κ3) is 4.64. The molecule has 2 heterocycles. The minimum atomic E-state index is -2.88. The first-order valence-electron chi connectivity index (χ1n) is 7.15. The lowest BCUT2D eigenvalue weighted by Crippen LogP contribution is -2.35. The molecule has 1 fully saturated rings. The van der Waals surface area contributed by atoms with Crippen molar-refractivity contribution in [3.8, 4) is 0 Å². The fraction of sp³-hybridized carbons (Fsp3) is 0.714. The van der Waals surface area contributed by atoms with Crippen LogP contribution in [-0.2, 0) is 16.4 Å². The van der Waals surface area contributed by atoms with Crippen LogP contribution in [0.1, 0.15) is 32.9 Å². The normalized spacial score (nSPS) is 21.4. The van der Waals surface area contributed by atoms with E-state index < -0.39 is 9.84 Å². The van der Waals surface area contributed by atoms with Gasteiger partial charge >= 0.3 is 0 Å². The first-order chi connectivity index (χ1) is 9.66. The van der Waals surface area contributed by atoms with E-state index in [-0.39, 0.29) is 23.1 Å². The van der Waals surface area contributed by atoms with Gasteiger partial charge in [-0.25, -0.2) is 13.4 Å². The molecule has 1 aliphatic heterocycles. The van der Waals surface area contributed by atoms with Crippen molar-refractivity contribution in [1.82, 2.24) is 15.3 Å². The zero-order valence-corrected chi connectivity index (χ0v) is 13.9. The third-order valence-electron chi connectivity index (χ3n) is 3.61. The fourth-order valence-corrected chi connectivity index (χ4v) is 4.02. The minimum absolute atomic E-state index is 0.00264. The summed E-state index contributed by atoms with van der Waals surface area (Å²) in [6.07, 6.45) is 4.12. The standard InChI is InChI=1S/C14H24N4O2S/c1-14(2,3)17-8-11-7-16-13(9-15-11)18(4)12-5-6-21(19,20)10-12/h7,9,12,17H,5-6,8,10H2,1-4H3. The maximum absolute atomic E-state index is 11.5. The maximum atomic E-state index is 11.5. The average Bonchev–Trinajstić information content (AvgIpc) is 2.76. The van der Waals surface area contributed by atoms with Crippen molar-refractivity contribution in [2.75, 3.05) is 23.5 Å². The van der Waals surface area contributed by atoms with Crippen LogP contribution in [0.15, 0.2) is 12.4 Å². The molecule has 0 aliphatic carbocycles. The molecule has 118 valence electrons. The van der Waals surface area contributed by atoms with Gasteiger partial charge in [-0.15, -0.1) is 0 Å². The highest BCUT2D eigenvalue weighted by Crippen LogP contribution is 2.20. The molecule has 0 radical (unpaired) electrons. The number of anilines is 1. The van der Waals surface area contributed by atoms with Crippen LogP contribution in [0.3, 0.4) is 0 Å². The summed E-state index contributed by atoms with van der Waals surface area (Å²) >= 11 is 0. The smallest absolute Gasteiger partial charge is 0.152 e. The number of rotatable bonds is 4. The van der Waals surface area contributed by atoms with Gasteiger partial charge in [0.05, 0.1) is 29.6 Å². The summed E-state index contributed by atoms with van der Waals surface area (Å²) in [5.74, 6) is 1.19. The van der Waals surface area contributed by atoms with E-state index in [0.717, 1.165) is 11.5 Å². The van der Waals surface area contributed by atoms with Gasteiger partial charge in [0.1, 0.15) is 5.82 Å². The Labute approximate surface area is 126 Å². The largest absolute Gasteiger partial charge is 0.354 e. The van der Waals surface area contributed by atoms with Gasteiger partial charge in [0.2, 0.25) is 0 Å². The SMILES string of the molecule is CN(c1cnc(CNC(C)(C)C)cn1)C1CCS(=O)(=O)C1. The van der Waals surface area contributed by atoms with Crippen LogP contribution in [0.25, 0.3) is 0 Å². The summed E-state index contributed by atoms with van der Waals surface area (Å²) in [6.45, 7) is 6.97. The molecule has 1 aromatic rings. The number of hydrogen-bond donors (Lipinski definition) is 1. The molecule has 0 aromatic carbocycles. The molecule has 7 heteroatoms. The van der Waals surface area contributed by atoms with E-state index in [0.29, 0.717) is 13.0 Å². The second kappa shape index (κ2) is 5.88. The lowest BCUT2D eigenvalue weighted by molar-refractivity contribution is 0.421. The number of aromatic nitrogens is 2. The van der Waals surface area contributed by atoms with Crippen molar-refractivity contribution in [3.05, 3.63) is 18.1 Å². The predicted octanol–water partition coefficient (Wildman–Crippen LogP) is 0.988. The molecule has 1 atom stereocenters. The van der Waals surface area contributed by atoms with Crippen LogP contribution < -0.4 is 10.2 Å². The predicted molar refractivity (Wildman–Crippen MR) is 84.1 cm³/mol. The molecule has 6 nitrogen and oxygen atoms in total. The lowest BCUT2D eigenvalue weighted by atomic mass is 10.1. The summed E-state index contributed by atoms with van der Waals surface area (Å²) in [4.78, 5) is 10.7. The molecule has 1 N–H and O–H groups in total. The Bertz CT molecular complexity index is 578. The summed E-state index contributed by atoms with van der Waals surface area (Å²) in [6, 6.07) is 0.00264. The van der Waals surface area contributed by atoms with E-state index in [4.69, 9.17) is 0 Å². The van der Waals surface area contributed by atoms with E-state index >= 15 is 0 Å². The van der Waals surface area contributed by atoms with Crippen LogP contribution in [-0.4, -0.2) is 48.5 Å². The molecule has 1 saturated heterocycles. The summed E-state index contributed by atoms with van der Waals surface area (Å²) < 4.78 is 23.1. The summed E-state index contributed by atoms with van der Waals surface area (Å²) in [5.41, 5.74) is 0.913. The molecular weight excluding hydrogens is 288 g/mol. The van der Waals surface area contributed by atoms with Crippen molar-refractivity contribution in [3.63, 3.8) is 0 Å². The Balaban J connectivity index is 1.99. The van der Waals surface area contributed by atoms with E-state index in [1.165, 1.54) is 0 Å². The van der Waals surface area contributed by atoms with Gasteiger partial charge < -0.3 is 10.2 Å². The fourth-order valence-electron chi connectivity index (χ4n) is 2.25. The molecule has 1 aromatic heterocycles. The topological polar surface area (TPSA) is 75.2 Å². The molecule has 0 saturated carbocycles. The Morgan fingerprint density at radius 2 is 2.05 bits per heavy atom. The number of hydrogen-bond acceptors (Lipinski definition) is 6. The molecule has 21 heavy (non-hydrogen) atoms. The van der Waals surface area contributed by atoms with Gasteiger partial charge in [-0.1, -0.05) is 0 Å². The van der Waals surface area contributed by atoms with E-state index in [1.54, 1.807) is 12.4 Å². The van der Waals surface area contributed by atoms with Gasteiger partial charge in [0.15, 0.2) is 9.84 Å². The maximum Gasteiger partial charge on any atom is 0.152 e. The highest BCUT2D eigenvalue weighted by Gasteiger charge is 2.31. The highest BCUT2D eigenvalue weighted by molar-refractivity contribution is 7.91. The average molecular weight is 312 g/mol. The molecule has 1 unspecified atom stereocenters. The van der Waals surface area contributed by atoms with E-state index in [2.05, 4.69) is 36.1 Å². The second-order valence-corrected chi connectivity index (χ2v) is 8.87. The van der Waals surface area contributed by atoms with Gasteiger partial charge in [-0.05, 0) is 27.2 Å². The van der Waals surface area contributed by atoms with E-state index in [1.807, 2.05) is 11.9 Å². The van der Waals surface area contributed by atoms with Gasteiger partial charge in [0.25, 0.3) is 0 Å². The Morgan fingerprint density at radius 1 is 1.33 bits per heavy atom. The molecule has 0 amide bonds. The molecular formula is C14H24N4O2S. The minimum Gasteiger partial charge on any atom is -0.354 e. The number of nitrogens with one attached hydrogen (secondary N) is 1. The number of sulfone groups is 1. The summed E-state index contributed by atoms with van der Waals surface area (Å²) in [7, 11) is -1.00. The second-order valence-electron chi connectivity index (χ2n) is 6.64. The van der Waals surface area contributed by atoms with E-state index in [9.17, 15) is 8.42 Å². The van der Waals surface area contributed by atoms with Crippen LogP contribution >= 0.6 is 0 Å². The third-order valence-corrected chi connectivity index (χ3v) is 5.36. The first-order valence-corrected chi connectivity index (χ1v) is 8.98.